The van der Waals surface area contributed by atoms with Crippen LogP contribution in [0.1, 0.15) is 26.6 Å². The van der Waals surface area contributed by atoms with Gasteiger partial charge in [-0.2, -0.15) is 0 Å². The molecule has 0 aliphatic heterocycles. The topological polar surface area (TPSA) is 58.4 Å². The number of amides is 2. The van der Waals surface area contributed by atoms with Gasteiger partial charge in [-0.1, -0.05) is 30.3 Å². The average molecular weight is 378 g/mol. The molecule has 2 amide bonds. The summed E-state index contributed by atoms with van der Waals surface area (Å²) in [7, 11) is 1.73. The highest BCUT2D eigenvalue weighted by Gasteiger charge is 2.22. The molecule has 0 spiro atoms. The van der Waals surface area contributed by atoms with Crippen LogP contribution in [0.25, 0.3) is 11.0 Å². The maximum atomic E-state index is 13.3. The number of nitrogens with zero attached hydrogens (tertiary/aromatic N) is 4. The summed E-state index contributed by atoms with van der Waals surface area (Å²) in [4.78, 5) is 33.0. The molecule has 28 heavy (non-hydrogen) atoms. The van der Waals surface area contributed by atoms with Gasteiger partial charge in [0.25, 0.3) is 0 Å². The molecule has 146 valence electrons. The first-order valence-electron chi connectivity index (χ1n) is 9.41. The van der Waals surface area contributed by atoms with Gasteiger partial charge in [-0.3, -0.25) is 9.59 Å². The van der Waals surface area contributed by atoms with Crippen LogP contribution in [0.3, 0.4) is 0 Å². The molecular weight excluding hydrogens is 352 g/mol. The fourth-order valence-corrected chi connectivity index (χ4v) is 3.28. The number of rotatable bonds is 6. The molecule has 0 aliphatic carbocycles. The Hall–Kier alpha value is -3.15. The molecule has 0 bridgehead atoms. The second kappa shape index (κ2) is 8.25. The van der Waals surface area contributed by atoms with E-state index in [-0.39, 0.29) is 24.4 Å². The fourth-order valence-electron chi connectivity index (χ4n) is 3.28. The molecule has 0 N–H and O–H groups in total. The van der Waals surface area contributed by atoms with Gasteiger partial charge in [0.15, 0.2) is 0 Å². The van der Waals surface area contributed by atoms with Crippen LogP contribution in [-0.4, -0.2) is 39.4 Å². The highest BCUT2D eigenvalue weighted by molar-refractivity contribution is 5.94. The van der Waals surface area contributed by atoms with Gasteiger partial charge in [-0.25, -0.2) is 4.98 Å². The lowest BCUT2D eigenvalue weighted by atomic mass is 10.2. The number of aromatic nitrogens is 2. The van der Waals surface area contributed by atoms with Crippen LogP contribution in [0.4, 0.5) is 5.69 Å². The van der Waals surface area contributed by atoms with E-state index in [2.05, 4.69) is 4.98 Å². The molecule has 0 saturated heterocycles. The molecule has 3 rings (SSSR count). The van der Waals surface area contributed by atoms with Crippen LogP contribution in [0.15, 0.2) is 54.6 Å². The van der Waals surface area contributed by atoms with Crippen LogP contribution >= 0.6 is 0 Å². The van der Waals surface area contributed by atoms with E-state index in [0.717, 1.165) is 16.7 Å². The molecule has 0 aliphatic rings. The molecule has 2 aromatic carbocycles. The maximum absolute atomic E-state index is 13.3. The number of carbonyl (C=O) groups excluding carboxylic acids is 2. The largest absolute Gasteiger partial charge is 0.339 e. The maximum Gasteiger partial charge on any atom is 0.247 e. The van der Waals surface area contributed by atoms with E-state index in [1.165, 1.54) is 6.92 Å². The number of benzene rings is 2. The Kier molecular flexibility index (Phi) is 5.78. The lowest BCUT2D eigenvalue weighted by Gasteiger charge is -2.27. The van der Waals surface area contributed by atoms with Crippen molar-refractivity contribution in [1.82, 2.24) is 14.5 Å². The normalized spacial score (nSPS) is 11.0. The second-order valence-corrected chi connectivity index (χ2v) is 7.17. The molecule has 6 nitrogen and oxygen atoms in total. The minimum Gasteiger partial charge on any atom is -0.339 e. The quantitative estimate of drug-likeness (QED) is 0.660. The summed E-state index contributed by atoms with van der Waals surface area (Å²) < 4.78 is 1.91. The van der Waals surface area contributed by atoms with E-state index >= 15 is 0 Å². The van der Waals surface area contributed by atoms with Gasteiger partial charge < -0.3 is 14.4 Å². The second-order valence-electron chi connectivity index (χ2n) is 7.17. The van der Waals surface area contributed by atoms with Gasteiger partial charge in [-0.15, -0.1) is 0 Å². The zero-order chi connectivity index (χ0) is 20.3. The number of imidazole rings is 1. The van der Waals surface area contributed by atoms with E-state index < -0.39 is 0 Å². The highest BCUT2D eigenvalue weighted by atomic mass is 16.2. The Morgan fingerprint density at radius 2 is 1.68 bits per heavy atom. The zero-order valence-electron chi connectivity index (χ0n) is 16.8. The molecule has 0 atom stereocenters. The molecule has 6 heteroatoms. The van der Waals surface area contributed by atoms with Crippen molar-refractivity contribution in [2.24, 2.45) is 0 Å². The summed E-state index contributed by atoms with van der Waals surface area (Å²) in [6.07, 6.45) is 0. The molecule has 0 saturated carbocycles. The Labute approximate surface area is 165 Å². The van der Waals surface area contributed by atoms with Crippen molar-refractivity contribution < 1.29 is 9.59 Å². The number of para-hydroxylation sites is 3. The summed E-state index contributed by atoms with van der Waals surface area (Å²) in [5, 5.41) is 0. The van der Waals surface area contributed by atoms with Crippen LogP contribution in [0.2, 0.25) is 0 Å². The van der Waals surface area contributed by atoms with E-state index in [9.17, 15) is 9.59 Å². The third-order valence-electron chi connectivity index (χ3n) is 4.76. The molecule has 0 radical (unpaired) electrons. The lowest BCUT2D eigenvalue weighted by Crippen LogP contribution is -2.39. The number of anilines is 1. The standard InChI is InChI=1S/C22H26N4O2/c1-16(2)26(18-10-6-5-7-11-18)22(28)15-25-20-13-9-8-12-19(20)23-21(25)14-24(4)17(3)27/h5-13,16H,14-15H2,1-4H3. The van der Waals surface area contributed by atoms with E-state index in [4.69, 9.17) is 0 Å². The summed E-state index contributed by atoms with van der Waals surface area (Å²) in [5.74, 6) is 0.637. The van der Waals surface area contributed by atoms with Crippen molar-refractivity contribution in [3.63, 3.8) is 0 Å². The Bertz CT molecular complexity index is 979. The van der Waals surface area contributed by atoms with Gasteiger partial charge in [0, 0.05) is 25.7 Å². The lowest BCUT2D eigenvalue weighted by molar-refractivity contribution is -0.128. The molecule has 0 fully saturated rings. The number of hydrogen-bond donors (Lipinski definition) is 0. The van der Waals surface area contributed by atoms with Crippen molar-refractivity contribution in [3.8, 4) is 0 Å². The van der Waals surface area contributed by atoms with Gasteiger partial charge >= 0.3 is 0 Å². The van der Waals surface area contributed by atoms with Gasteiger partial charge in [0.2, 0.25) is 11.8 Å². The highest BCUT2D eigenvalue weighted by Crippen LogP contribution is 2.21. The number of carbonyl (C=O) groups is 2. The molecule has 1 aromatic heterocycles. The predicted octanol–water partition coefficient (Wildman–Crippen LogP) is 3.46. The van der Waals surface area contributed by atoms with Crippen LogP contribution < -0.4 is 4.90 Å². The van der Waals surface area contributed by atoms with Crippen molar-refractivity contribution in [3.05, 3.63) is 60.4 Å². The van der Waals surface area contributed by atoms with Crippen LogP contribution in [-0.2, 0) is 22.7 Å². The van der Waals surface area contributed by atoms with Crippen LogP contribution in [0.5, 0.6) is 0 Å². The van der Waals surface area contributed by atoms with Crippen molar-refractivity contribution in [2.75, 3.05) is 11.9 Å². The summed E-state index contributed by atoms with van der Waals surface area (Å²) in [6.45, 7) is 6.04. The first kappa shape index (κ1) is 19.6. The third-order valence-corrected chi connectivity index (χ3v) is 4.76. The summed E-state index contributed by atoms with van der Waals surface area (Å²) in [6, 6.07) is 17.4. The van der Waals surface area contributed by atoms with Gasteiger partial charge in [0.1, 0.15) is 12.4 Å². The smallest absolute Gasteiger partial charge is 0.247 e. The van der Waals surface area contributed by atoms with Crippen molar-refractivity contribution in [1.29, 1.82) is 0 Å². The molecule has 0 unspecified atom stereocenters. The Morgan fingerprint density at radius 1 is 1.04 bits per heavy atom. The molecule has 1 heterocycles. The Morgan fingerprint density at radius 3 is 2.32 bits per heavy atom. The van der Waals surface area contributed by atoms with Gasteiger partial charge in [0.05, 0.1) is 17.6 Å². The van der Waals surface area contributed by atoms with Crippen molar-refractivity contribution in [2.45, 2.75) is 39.9 Å². The fraction of sp³-hybridized carbons (Fsp3) is 0.318. The van der Waals surface area contributed by atoms with Crippen molar-refractivity contribution >= 4 is 28.5 Å². The van der Waals surface area contributed by atoms with Gasteiger partial charge in [-0.05, 0) is 38.1 Å². The SMILES string of the molecule is CC(=O)N(C)Cc1nc2ccccc2n1CC(=O)N(c1ccccc1)C(C)C. The monoisotopic (exact) mass is 378 g/mol. The average Bonchev–Trinajstić information content (AvgIpc) is 2.99. The Balaban J connectivity index is 1.98. The van der Waals surface area contributed by atoms with E-state index in [1.807, 2.05) is 73.0 Å². The van der Waals surface area contributed by atoms with Crippen LogP contribution in [0, 0.1) is 0 Å². The zero-order valence-corrected chi connectivity index (χ0v) is 16.8. The first-order valence-corrected chi connectivity index (χ1v) is 9.41. The minimum absolute atomic E-state index is 0.0175. The first-order chi connectivity index (χ1) is 13.4. The molecule has 3 aromatic rings. The number of hydrogen-bond acceptors (Lipinski definition) is 3. The van der Waals surface area contributed by atoms with E-state index in [0.29, 0.717) is 12.4 Å². The number of fused-ring (bicyclic) bond motifs is 1. The summed E-state index contributed by atoms with van der Waals surface area (Å²) in [5.41, 5.74) is 2.58. The predicted molar refractivity (Wildman–Crippen MR) is 111 cm³/mol. The minimum atomic E-state index is -0.0435. The molecular formula is C22H26N4O2. The summed E-state index contributed by atoms with van der Waals surface area (Å²) >= 11 is 0. The van der Waals surface area contributed by atoms with E-state index in [1.54, 1.807) is 16.8 Å². The third kappa shape index (κ3) is 4.06.